The van der Waals surface area contributed by atoms with E-state index in [0.29, 0.717) is 11.4 Å². The van der Waals surface area contributed by atoms with Crippen LogP contribution in [-0.2, 0) is 0 Å². The highest BCUT2D eigenvalue weighted by Gasteiger charge is 2.08. The van der Waals surface area contributed by atoms with Gasteiger partial charge in [0.1, 0.15) is 5.82 Å². The van der Waals surface area contributed by atoms with Gasteiger partial charge in [0.05, 0.1) is 0 Å². The van der Waals surface area contributed by atoms with Crippen LogP contribution < -0.4 is 10.6 Å². The van der Waals surface area contributed by atoms with Crippen LogP contribution in [0, 0.1) is 6.92 Å². The highest BCUT2D eigenvalue weighted by atomic mass is 79.9. The molecular weight excluding hydrogens is 368 g/mol. The van der Waals surface area contributed by atoms with Crippen LogP contribution in [0.15, 0.2) is 41.0 Å². The van der Waals surface area contributed by atoms with Crippen molar-refractivity contribution in [3.63, 3.8) is 0 Å². The molecule has 0 bridgehead atoms. The van der Waals surface area contributed by atoms with E-state index in [4.69, 9.17) is 0 Å². The van der Waals surface area contributed by atoms with E-state index in [0.717, 1.165) is 35.2 Å². The number of hydrogen-bond donors (Lipinski definition) is 2. The van der Waals surface area contributed by atoms with Gasteiger partial charge in [0.15, 0.2) is 0 Å². The molecule has 24 heavy (non-hydrogen) atoms. The molecule has 1 aromatic carbocycles. The van der Waals surface area contributed by atoms with E-state index in [1.807, 2.05) is 39.2 Å². The third-order valence-electron chi connectivity index (χ3n) is 3.53. The minimum atomic E-state index is -0.143. The van der Waals surface area contributed by atoms with Crippen molar-refractivity contribution in [3.8, 4) is 0 Å². The summed E-state index contributed by atoms with van der Waals surface area (Å²) in [4.78, 5) is 18.8. The molecule has 5 nitrogen and oxygen atoms in total. The second kappa shape index (κ2) is 8.80. The lowest BCUT2D eigenvalue weighted by molar-refractivity contribution is 0.102. The number of benzene rings is 1. The lowest BCUT2D eigenvalue weighted by Gasteiger charge is -2.11. The summed E-state index contributed by atoms with van der Waals surface area (Å²) in [5, 5.41) is 6.17. The third kappa shape index (κ3) is 5.62. The molecule has 0 aliphatic heterocycles. The second-order valence-corrected chi connectivity index (χ2v) is 6.79. The first-order chi connectivity index (χ1) is 11.5. The topological polar surface area (TPSA) is 57.3 Å². The number of aromatic nitrogens is 1. The Kier molecular flexibility index (Phi) is 6.75. The first kappa shape index (κ1) is 18.4. The maximum Gasteiger partial charge on any atom is 0.255 e. The van der Waals surface area contributed by atoms with Crippen LogP contribution in [0.4, 0.5) is 11.5 Å². The van der Waals surface area contributed by atoms with Crippen LogP contribution in [0.5, 0.6) is 0 Å². The minimum absolute atomic E-state index is 0.143. The van der Waals surface area contributed by atoms with Crippen molar-refractivity contribution in [3.05, 3.63) is 52.1 Å². The predicted molar refractivity (Wildman–Crippen MR) is 103 cm³/mol. The van der Waals surface area contributed by atoms with Crippen LogP contribution >= 0.6 is 15.9 Å². The van der Waals surface area contributed by atoms with E-state index < -0.39 is 0 Å². The number of amides is 1. The van der Waals surface area contributed by atoms with Gasteiger partial charge in [-0.2, -0.15) is 0 Å². The van der Waals surface area contributed by atoms with Crippen molar-refractivity contribution in [1.29, 1.82) is 0 Å². The van der Waals surface area contributed by atoms with Crippen molar-refractivity contribution in [2.24, 2.45) is 0 Å². The Bertz CT molecular complexity index is 703. The number of rotatable bonds is 7. The number of pyridine rings is 1. The largest absolute Gasteiger partial charge is 0.370 e. The number of aryl methyl sites for hydroxylation is 1. The molecule has 0 radical (unpaired) electrons. The summed E-state index contributed by atoms with van der Waals surface area (Å²) in [6.07, 6.45) is 2.67. The zero-order valence-corrected chi connectivity index (χ0v) is 15.9. The first-order valence-electron chi connectivity index (χ1n) is 7.88. The molecule has 0 fully saturated rings. The fourth-order valence-corrected chi connectivity index (χ4v) is 2.45. The first-order valence-corrected chi connectivity index (χ1v) is 8.67. The summed E-state index contributed by atoms with van der Waals surface area (Å²) in [5.74, 6) is 0.573. The summed E-state index contributed by atoms with van der Waals surface area (Å²) in [6.45, 7) is 3.82. The van der Waals surface area contributed by atoms with Crippen molar-refractivity contribution in [2.45, 2.75) is 13.3 Å². The Morgan fingerprint density at radius 2 is 2.04 bits per heavy atom. The molecule has 0 saturated heterocycles. The van der Waals surface area contributed by atoms with Crippen LogP contribution in [-0.4, -0.2) is 43.0 Å². The zero-order chi connectivity index (χ0) is 17.5. The van der Waals surface area contributed by atoms with E-state index in [2.05, 4.69) is 36.4 Å². The SMILES string of the molecule is Cc1cc(NC(=O)c2ccnc(NCCCN(C)C)c2)ccc1Br. The Balaban J connectivity index is 1.96. The molecule has 1 aromatic heterocycles. The van der Waals surface area contributed by atoms with Gasteiger partial charge in [-0.15, -0.1) is 0 Å². The molecule has 1 heterocycles. The fourth-order valence-electron chi connectivity index (χ4n) is 2.21. The number of halogens is 1. The van der Waals surface area contributed by atoms with Crippen LogP contribution in [0.1, 0.15) is 22.3 Å². The summed E-state index contributed by atoms with van der Waals surface area (Å²) in [6, 6.07) is 9.22. The predicted octanol–water partition coefficient (Wildman–Crippen LogP) is 3.77. The standard InChI is InChI=1S/C18H23BrN4O/c1-13-11-15(5-6-16(13)19)22-18(24)14-7-9-21-17(12-14)20-8-4-10-23(2)3/h5-7,9,11-12H,4,8,10H2,1-3H3,(H,20,21)(H,22,24). The van der Waals surface area contributed by atoms with Crippen molar-refractivity contribution >= 4 is 33.3 Å². The van der Waals surface area contributed by atoms with Gasteiger partial charge >= 0.3 is 0 Å². The third-order valence-corrected chi connectivity index (χ3v) is 4.42. The molecule has 6 heteroatoms. The molecular formula is C18H23BrN4O. The van der Waals surface area contributed by atoms with Crippen molar-refractivity contribution < 1.29 is 4.79 Å². The van der Waals surface area contributed by atoms with Gasteiger partial charge in [-0.1, -0.05) is 15.9 Å². The number of anilines is 2. The van der Waals surface area contributed by atoms with E-state index >= 15 is 0 Å². The maximum atomic E-state index is 12.4. The van der Waals surface area contributed by atoms with Crippen LogP contribution in [0.25, 0.3) is 0 Å². The molecule has 0 saturated carbocycles. The maximum absolute atomic E-state index is 12.4. The molecule has 2 rings (SSSR count). The molecule has 0 aliphatic carbocycles. The smallest absolute Gasteiger partial charge is 0.255 e. The molecule has 0 atom stereocenters. The van der Waals surface area contributed by atoms with Crippen molar-refractivity contribution in [2.75, 3.05) is 37.8 Å². The van der Waals surface area contributed by atoms with E-state index in [1.54, 1.807) is 18.3 Å². The fraction of sp³-hybridized carbons (Fsp3) is 0.333. The van der Waals surface area contributed by atoms with Crippen LogP contribution in [0.3, 0.4) is 0 Å². The lowest BCUT2D eigenvalue weighted by atomic mass is 10.2. The molecule has 0 aliphatic rings. The molecule has 0 unspecified atom stereocenters. The Morgan fingerprint density at radius 3 is 2.75 bits per heavy atom. The summed E-state index contributed by atoms with van der Waals surface area (Å²) < 4.78 is 1.02. The second-order valence-electron chi connectivity index (χ2n) is 5.93. The number of nitrogens with one attached hydrogen (secondary N) is 2. The zero-order valence-electron chi connectivity index (χ0n) is 14.3. The Labute approximate surface area is 151 Å². The van der Waals surface area contributed by atoms with E-state index in [1.165, 1.54) is 0 Å². The molecule has 128 valence electrons. The highest BCUT2D eigenvalue weighted by Crippen LogP contribution is 2.20. The van der Waals surface area contributed by atoms with Crippen LogP contribution in [0.2, 0.25) is 0 Å². The normalized spacial score (nSPS) is 10.7. The molecule has 2 N–H and O–H groups in total. The van der Waals surface area contributed by atoms with Gasteiger partial charge in [0, 0.05) is 28.5 Å². The van der Waals surface area contributed by atoms with E-state index in [-0.39, 0.29) is 5.91 Å². The van der Waals surface area contributed by atoms with Gasteiger partial charge in [0.25, 0.3) is 5.91 Å². The average molecular weight is 391 g/mol. The summed E-state index contributed by atoms with van der Waals surface area (Å²) >= 11 is 3.46. The van der Waals surface area contributed by atoms with Gasteiger partial charge in [-0.05, 0) is 69.9 Å². The Morgan fingerprint density at radius 1 is 1.25 bits per heavy atom. The highest BCUT2D eigenvalue weighted by molar-refractivity contribution is 9.10. The number of carbonyl (C=O) groups excluding carboxylic acids is 1. The Hall–Kier alpha value is -1.92. The number of hydrogen-bond acceptors (Lipinski definition) is 4. The molecule has 1 amide bonds. The van der Waals surface area contributed by atoms with Gasteiger partial charge in [-0.3, -0.25) is 4.79 Å². The monoisotopic (exact) mass is 390 g/mol. The molecule has 2 aromatic rings. The van der Waals surface area contributed by atoms with Gasteiger partial charge in [-0.25, -0.2) is 4.98 Å². The number of nitrogens with zero attached hydrogens (tertiary/aromatic N) is 2. The molecule has 0 spiro atoms. The average Bonchev–Trinajstić information content (AvgIpc) is 2.55. The van der Waals surface area contributed by atoms with E-state index in [9.17, 15) is 4.79 Å². The summed E-state index contributed by atoms with van der Waals surface area (Å²) in [5.41, 5.74) is 2.43. The number of carbonyl (C=O) groups is 1. The van der Waals surface area contributed by atoms with Crippen molar-refractivity contribution in [1.82, 2.24) is 9.88 Å². The minimum Gasteiger partial charge on any atom is -0.370 e. The lowest BCUT2D eigenvalue weighted by Crippen LogP contribution is -2.17. The summed E-state index contributed by atoms with van der Waals surface area (Å²) in [7, 11) is 4.10. The quantitative estimate of drug-likeness (QED) is 0.706. The van der Waals surface area contributed by atoms with Gasteiger partial charge < -0.3 is 15.5 Å². The van der Waals surface area contributed by atoms with Gasteiger partial charge in [0.2, 0.25) is 0 Å².